The third-order valence-corrected chi connectivity index (χ3v) is 5.90. The van der Waals surface area contributed by atoms with Gasteiger partial charge in [0.25, 0.3) is 5.91 Å². The molecule has 0 saturated carbocycles. The van der Waals surface area contributed by atoms with Crippen molar-refractivity contribution in [1.29, 1.82) is 0 Å². The molecule has 0 aliphatic rings. The molecule has 4 aromatic carbocycles. The average Bonchev–Trinajstić information content (AvgIpc) is 2.82. The molecule has 0 radical (unpaired) electrons. The predicted octanol–water partition coefficient (Wildman–Crippen LogP) is 6.58. The van der Waals surface area contributed by atoms with Crippen molar-refractivity contribution in [2.75, 3.05) is 20.6 Å². The number of nitrogens with zero attached hydrogens (tertiary/aromatic N) is 1. The molecule has 0 aliphatic heterocycles. The quantitative estimate of drug-likeness (QED) is 0.350. The highest BCUT2D eigenvalue weighted by molar-refractivity contribution is 6.30. The standard InChI is InChI=1S/C28H27ClN2O/c1-31(2)17-16-27(21-12-14-26(29)15-13-21)30-28(32)25-9-5-8-23(19-25)24-11-10-20-6-3-4-7-22(20)18-24/h3-15,18-19,27H,16-17H2,1-2H3,(H,30,32). The molecule has 0 spiro atoms. The second kappa shape index (κ2) is 9.99. The van der Waals surface area contributed by atoms with Crippen LogP contribution in [-0.4, -0.2) is 31.4 Å². The van der Waals surface area contributed by atoms with E-state index in [2.05, 4.69) is 40.5 Å². The van der Waals surface area contributed by atoms with E-state index < -0.39 is 0 Å². The Hall–Kier alpha value is -3.14. The summed E-state index contributed by atoms with van der Waals surface area (Å²) in [6.07, 6.45) is 0.810. The molecule has 1 unspecified atom stereocenters. The van der Waals surface area contributed by atoms with Gasteiger partial charge in [-0.05, 0) is 84.9 Å². The molecule has 3 nitrogen and oxygen atoms in total. The van der Waals surface area contributed by atoms with Crippen molar-refractivity contribution in [1.82, 2.24) is 10.2 Å². The fraction of sp³-hybridized carbons (Fsp3) is 0.179. The summed E-state index contributed by atoms with van der Waals surface area (Å²) >= 11 is 6.06. The second-order valence-electron chi connectivity index (χ2n) is 8.31. The first-order chi connectivity index (χ1) is 15.5. The topological polar surface area (TPSA) is 32.3 Å². The number of nitrogens with one attached hydrogen (secondary N) is 1. The Morgan fingerprint density at radius 1 is 0.844 bits per heavy atom. The molecule has 0 bridgehead atoms. The van der Waals surface area contributed by atoms with Crippen LogP contribution in [0.5, 0.6) is 0 Å². The number of fused-ring (bicyclic) bond motifs is 1. The number of halogens is 1. The van der Waals surface area contributed by atoms with Gasteiger partial charge < -0.3 is 10.2 Å². The molecular formula is C28H27ClN2O. The minimum absolute atomic E-state index is 0.0775. The van der Waals surface area contributed by atoms with Crippen LogP contribution in [0.1, 0.15) is 28.4 Å². The van der Waals surface area contributed by atoms with Gasteiger partial charge in [0.2, 0.25) is 0 Å². The summed E-state index contributed by atoms with van der Waals surface area (Å²) in [5, 5.41) is 6.31. The normalized spacial score (nSPS) is 12.1. The Balaban J connectivity index is 1.57. The lowest BCUT2D eigenvalue weighted by Gasteiger charge is -2.21. The average molecular weight is 443 g/mol. The summed E-state index contributed by atoms with van der Waals surface area (Å²) in [6.45, 7) is 0.866. The fourth-order valence-electron chi connectivity index (χ4n) is 3.86. The van der Waals surface area contributed by atoms with E-state index >= 15 is 0 Å². The maximum absolute atomic E-state index is 13.2. The molecule has 0 fully saturated rings. The lowest BCUT2D eigenvalue weighted by molar-refractivity contribution is 0.0932. The monoisotopic (exact) mass is 442 g/mol. The molecule has 4 heteroatoms. The van der Waals surface area contributed by atoms with Crippen molar-refractivity contribution in [3.63, 3.8) is 0 Å². The van der Waals surface area contributed by atoms with Gasteiger partial charge >= 0.3 is 0 Å². The zero-order valence-corrected chi connectivity index (χ0v) is 19.1. The summed E-state index contributed by atoms with van der Waals surface area (Å²) in [4.78, 5) is 15.3. The van der Waals surface area contributed by atoms with E-state index in [0.29, 0.717) is 10.6 Å². The van der Waals surface area contributed by atoms with E-state index in [1.54, 1.807) is 0 Å². The van der Waals surface area contributed by atoms with Gasteiger partial charge in [0.1, 0.15) is 0 Å². The highest BCUT2D eigenvalue weighted by Crippen LogP contribution is 2.26. The van der Waals surface area contributed by atoms with Crippen molar-refractivity contribution in [3.05, 3.63) is 107 Å². The number of hydrogen-bond acceptors (Lipinski definition) is 2. The van der Waals surface area contributed by atoms with Crippen molar-refractivity contribution in [2.45, 2.75) is 12.5 Å². The van der Waals surface area contributed by atoms with Gasteiger partial charge in [-0.15, -0.1) is 0 Å². The Labute approximate surface area is 194 Å². The first kappa shape index (κ1) is 22.1. The zero-order valence-electron chi connectivity index (χ0n) is 18.4. The number of benzene rings is 4. The van der Waals surface area contributed by atoms with Crippen LogP contribution in [0.3, 0.4) is 0 Å². The summed E-state index contributed by atoms with van der Waals surface area (Å²) in [5.74, 6) is -0.0775. The van der Waals surface area contributed by atoms with Gasteiger partial charge in [0.05, 0.1) is 6.04 Å². The van der Waals surface area contributed by atoms with E-state index in [1.807, 2.05) is 74.8 Å². The molecule has 162 valence electrons. The third kappa shape index (κ3) is 5.37. The van der Waals surface area contributed by atoms with Gasteiger partial charge in [-0.2, -0.15) is 0 Å². The number of hydrogen-bond donors (Lipinski definition) is 1. The summed E-state index contributed by atoms with van der Waals surface area (Å²) < 4.78 is 0. The largest absolute Gasteiger partial charge is 0.345 e. The molecule has 4 aromatic rings. The second-order valence-corrected chi connectivity index (χ2v) is 8.75. The van der Waals surface area contributed by atoms with E-state index in [4.69, 9.17) is 11.6 Å². The van der Waals surface area contributed by atoms with Crippen LogP contribution in [0.15, 0.2) is 91.0 Å². The van der Waals surface area contributed by atoms with Crippen LogP contribution in [-0.2, 0) is 0 Å². The van der Waals surface area contributed by atoms with Crippen LogP contribution in [0, 0.1) is 0 Å². The maximum Gasteiger partial charge on any atom is 0.251 e. The van der Waals surface area contributed by atoms with E-state index in [0.717, 1.165) is 29.7 Å². The first-order valence-corrected chi connectivity index (χ1v) is 11.2. The van der Waals surface area contributed by atoms with E-state index in [9.17, 15) is 4.79 Å². The Bertz CT molecular complexity index is 1220. The molecule has 1 N–H and O–H groups in total. The molecule has 1 amide bonds. The van der Waals surface area contributed by atoms with Gasteiger partial charge in [-0.1, -0.05) is 72.3 Å². The Kier molecular flexibility index (Phi) is 6.89. The first-order valence-electron chi connectivity index (χ1n) is 10.8. The minimum Gasteiger partial charge on any atom is -0.345 e. The zero-order chi connectivity index (χ0) is 22.5. The van der Waals surface area contributed by atoms with Gasteiger partial charge in [-0.25, -0.2) is 0 Å². The highest BCUT2D eigenvalue weighted by atomic mass is 35.5. The van der Waals surface area contributed by atoms with E-state index in [-0.39, 0.29) is 11.9 Å². The van der Waals surface area contributed by atoms with Crippen molar-refractivity contribution >= 4 is 28.3 Å². The molecule has 32 heavy (non-hydrogen) atoms. The Morgan fingerprint density at radius 2 is 1.56 bits per heavy atom. The van der Waals surface area contributed by atoms with Crippen LogP contribution < -0.4 is 5.32 Å². The third-order valence-electron chi connectivity index (χ3n) is 5.65. The SMILES string of the molecule is CN(C)CCC(NC(=O)c1cccc(-c2ccc3ccccc3c2)c1)c1ccc(Cl)cc1. The van der Waals surface area contributed by atoms with Crippen molar-refractivity contribution < 1.29 is 4.79 Å². The van der Waals surface area contributed by atoms with Gasteiger partial charge in [0, 0.05) is 10.6 Å². The summed E-state index contributed by atoms with van der Waals surface area (Å²) in [5.41, 5.74) is 3.83. The van der Waals surface area contributed by atoms with Crippen molar-refractivity contribution in [2.24, 2.45) is 0 Å². The molecular weight excluding hydrogens is 416 g/mol. The molecule has 4 rings (SSSR count). The number of rotatable bonds is 7. The highest BCUT2D eigenvalue weighted by Gasteiger charge is 2.17. The lowest BCUT2D eigenvalue weighted by atomic mass is 9.99. The number of carbonyl (C=O) groups excluding carboxylic acids is 1. The summed E-state index contributed by atoms with van der Waals surface area (Å²) in [7, 11) is 4.07. The van der Waals surface area contributed by atoms with Crippen LogP contribution in [0.2, 0.25) is 5.02 Å². The van der Waals surface area contributed by atoms with Crippen LogP contribution in [0.25, 0.3) is 21.9 Å². The van der Waals surface area contributed by atoms with Crippen molar-refractivity contribution in [3.8, 4) is 11.1 Å². The number of amides is 1. The lowest BCUT2D eigenvalue weighted by Crippen LogP contribution is -2.31. The molecule has 0 aromatic heterocycles. The summed E-state index contributed by atoms with van der Waals surface area (Å²) in [6, 6.07) is 30.1. The molecule has 0 heterocycles. The molecule has 0 saturated heterocycles. The fourth-order valence-corrected chi connectivity index (χ4v) is 3.98. The number of carbonyl (C=O) groups is 1. The van der Waals surface area contributed by atoms with Crippen LogP contribution >= 0.6 is 11.6 Å². The van der Waals surface area contributed by atoms with Gasteiger partial charge in [-0.3, -0.25) is 4.79 Å². The minimum atomic E-state index is -0.0912. The van der Waals surface area contributed by atoms with E-state index in [1.165, 1.54) is 10.8 Å². The van der Waals surface area contributed by atoms with Gasteiger partial charge in [0.15, 0.2) is 0 Å². The molecule has 1 atom stereocenters. The maximum atomic E-state index is 13.2. The predicted molar refractivity (Wildman–Crippen MR) is 134 cm³/mol. The smallest absolute Gasteiger partial charge is 0.251 e. The Morgan fingerprint density at radius 3 is 2.31 bits per heavy atom. The van der Waals surface area contributed by atoms with Crippen LogP contribution in [0.4, 0.5) is 0 Å². The molecule has 0 aliphatic carbocycles.